The molecule has 4 nitrogen and oxygen atoms in total. The quantitative estimate of drug-likeness (QED) is 0.477. The van der Waals surface area contributed by atoms with Crippen molar-refractivity contribution in [3.05, 3.63) is 99.3 Å². The second kappa shape index (κ2) is 6.37. The van der Waals surface area contributed by atoms with Gasteiger partial charge in [0, 0.05) is 0 Å². The van der Waals surface area contributed by atoms with Crippen molar-refractivity contribution in [2.75, 3.05) is 0 Å². The molecule has 0 spiro atoms. The summed E-state index contributed by atoms with van der Waals surface area (Å²) in [6.45, 7) is 0. The van der Waals surface area contributed by atoms with Gasteiger partial charge in [0.05, 0.1) is 15.6 Å². The third-order valence-corrected chi connectivity index (χ3v) is 5.25. The van der Waals surface area contributed by atoms with Crippen LogP contribution in [0.2, 0.25) is 0 Å². The Bertz CT molecular complexity index is 1370. The maximum atomic E-state index is 12.9. The van der Waals surface area contributed by atoms with Gasteiger partial charge >= 0.3 is 0 Å². The predicted molar refractivity (Wildman–Crippen MR) is 109 cm³/mol. The minimum Gasteiger partial charge on any atom is -0.457 e. The van der Waals surface area contributed by atoms with E-state index in [0.29, 0.717) is 9.49 Å². The van der Waals surface area contributed by atoms with Gasteiger partial charge in [0.2, 0.25) is 0 Å². The van der Waals surface area contributed by atoms with Crippen molar-refractivity contribution in [1.82, 2.24) is 9.38 Å². The van der Waals surface area contributed by atoms with Crippen LogP contribution in [0.4, 0.5) is 0 Å². The molecule has 0 radical (unpaired) electrons. The van der Waals surface area contributed by atoms with Crippen LogP contribution in [-0.2, 0) is 0 Å². The third kappa shape index (κ3) is 2.88. The van der Waals surface area contributed by atoms with E-state index in [-0.39, 0.29) is 5.56 Å². The predicted octanol–water partition coefficient (Wildman–Crippen LogP) is 4.25. The Hall–Kier alpha value is -3.44. The lowest BCUT2D eigenvalue weighted by atomic mass is 10.2. The Morgan fingerprint density at radius 2 is 1.67 bits per heavy atom. The molecule has 130 valence electrons. The summed E-state index contributed by atoms with van der Waals surface area (Å²) in [7, 11) is 0. The number of nitrogens with zero attached hydrogens (tertiary/aromatic N) is 2. The van der Waals surface area contributed by atoms with Gasteiger partial charge in [-0.15, -0.1) is 0 Å². The van der Waals surface area contributed by atoms with E-state index in [1.54, 1.807) is 4.40 Å². The van der Waals surface area contributed by atoms with Crippen LogP contribution in [0.25, 0.3) is 22.1 Å². The van der Waals surface area contributed by atoms with Crippen molar-refractivity contribution in [3.63, 3.8) is 0 Å². The van der Waals surface area contributed by atoms with Crippen molar-refractivity contribution in [3.8, 4) is 11.5 Å². The molecule has 2 heterocycles. The standard InChI is InChI=1S/C22H14N2O2S/c25-21-20(27-22-23-18-11-4-5-12-19(18)24(21)22)14-15-7-6-10-17(13-15)26-16-8-2-1-3-9-16/h1-14H/b20-14+. The van der Waals surface area contributed by atoms with E-state index >= 15 is 0 Å². The number of thiazole rings is 1. The van der Waals surface area contributed by atoms with E-state index < -0.39 is 0 Å². The first-order valence-corrected chi connectivity index (χ1v) is 9.34. The zero-order valence-corrected chi connectivity index (χ0v) is 15.0. The van der Waals surface area contributed by atoms with E-state index in [0.717, 1.165) is 28.1 Å². The lowest BCUT2D eigenvalue weighted by molar-refractivity contribution is 0.482. The first-order chi connectivity index (χ1) is 13.3. The van der Waals surface area contributed by atoms with Gasteiger partial charge in [-0.05, 0) is 48.0 Å². The van der Waals surface area contributed by atoms with Gasteiger partial charge in [0.1, 0.15) is 11.5 Å². The van der Waals surface area contributed by atoms with Crippen LogP contribution in [0, 0.1) is 0 Å². The molecule has 5 aromatic rings. The molecule has 0 saturated carbocycles. The van der Waals surface area contributed by atoms with E-state index in [1.807, 2.05) is 84.9 Å². The fraction of sp³-hybridized carbons (Fsp3) is 0. The molecule has 5 rings (SSSR count). The van der Waals surface area contributed by atoms with Crippen LogP contribution in [-0.4, -0.2) is 9.38 Å². The molecule has 27 heavy (non-hydrogen) atoms. The Kier molecular flexibility index (Phi) is 3.73. The summed E-state index contributed by atoms with van der Waals surface area (Å²) in [6, 6.07) is 25.0. The summed E-state index contributed by atoms with van der Waals surface area (Å²) >= 11 is 1.40. The molecule has 2 aromatic heterocycles. The van der Waals surface area contributed by atoms with Crippen LogP contribution in [0.1, 0.15) is 5.56 Å². The molecule has 0 unspecified atom stereocenters. The Balaban J connectivity index is 1.58. The van der Waals surface area contributed by atoms with Gasteiger partial charge in [-0.25, -0.2) is 9.38 Å². The number of aromatic nitrogens is 2. The molecule has 0 aliphatic rings. The number of hydrogen-bond donors (Lipinski definition) is 0. The molecule has 0 fully saturated rings. The van der Waals surface area contributed by atoms with Crippen molar-refractivity contribution >= 4 is 33.4 Å². The fourth-order valence-electron chi connectivity index (χ4n) is 3.06. The van der Waals surface area contributed by atoms with Crippen LogP contribution in [0.3, 0.4) is 0 Å². The molecule has 0 bridgehead atoms. The molecule has 0 amide bonds. The monoisotopic (exact) mass is 370 g/mol. The smallest absolute Gasteiger partial charge is 0.274 e. The Morgan fingerprint density at radius 1 is 0.889 bits per heavy atom. The van der Waals surface area contributed by atoms with Crippen molar-refractivity contribution in [2.24, 2.45) is 0 Å². The van der Waals surface area contributed by atoms with Crippen molar-refractivity contribution < 1.29 is 4.74 Å². The van der Waals surface area contributed by atoms with E-state index in [9.17, 15) is 4.79 Å². The summed E-state index contributed by atoms with van der Waals surface area (Å²) in [6.07, 6.45) is 1.88. The highest BCUT2D eigenvalue weighted by Gasteiger charge is 2.10. The Labute approximate surface area is 158 Å². The van der Waals surface area contributed by atoms with E-state index in [2.05, 4.69) is 4.98 Å². The molecular weight excluding hydrogens is 356 g/mol. The summed E-state index contributed by atoms with van der Waals surface area (Å²) in [5, 5.41) is 0. The lowest BCUT2D eigenvalue weighted by Gasteiger charge is -2.05. The first kappa shape index (κ1) is 15.8. The largest absolute Gasteiger partial charge is 0.457 e. The number of ether oxygens (including phenoxy) is 1. The van der Waals surface area contributed by atoms with Gasteiger partial charge in [-0.2, -0.15) is 0 Å². The highest BCUT2D eigenvalue weighted by molar-refractivity contribution is 7.15. The number of rotatable bonds is 3. The van der Waals surface area contributed by atoms with Gasteiger partial charge in [-0.3, -0.25) is 4.79 Å². The average Bonchev–Trinajstić information content (AvgIpc) is 3.19. The van der Waals surface area contributed by atoms with Crippen LogP contribution in [0.5, 0.6) is 11.5 Å². The molecule has 0 aliphatic carbocycles. The number of imidazole rings is 1. The minimum atomic E-state index is -0.0434. The zero-order valence-electron chi connectivity index (χ0n) is 14.2. The van der Waals surface area contributed by atoms with Crippen molar-refractivity contribution in [1.29, 1.82) is 0 Å². The lowest BCUT2D eigenvalue weighted by Crippen LogP contribution is -2.22. The molecular formula is C22H14N2O2S. The highest BCUT2D eigenvalue weighted by Crippen LogP contribution is 2.22. The Morgan fingerprint density at radius 3 is 2.56 bits per heavy atom. The maximum absolute atomic E-state index is 12.9. The van der Waals surface area contributed by atoms with E-state index in [1.165, 1.54) is 11.3 Å². The maximum Gasteiger partial charge on any atom is 0.274 e. The number of para-hydroxylation sites is 3. The van der Waals surface area contributed by atoms with E-state index in [4.69, 9.17) is 4.74 Å². The van der Waals surface area contributed by atoms with Gasteiger partial charge in [0.15, 0.2) is 4.96 Å². The minimum absolute atomic E-state index is 0.0434. The summed E-state index contributed by atoms with van der Waals surface area (Å²) in [4.78, 5) is 18.1. The zero-order chi connectivity index (χ0) is 18.2. The second-order valence-corrected chi connectivity index (χ2v) is 7.13. The second-order valence-electron chi connectivity index (χ2n) is 6.12. The van der Waals surface area contributed by atoms with Gasteiger partial charge in [0.25, 0.3) is 5.56 Å². The number of benzene rings is 3. The van der Waals surface area contributed by atoms with Gasteiger partial charge < -0.3 is 4.74 Å². The first-order valence-electron chi connectivity index (χ1n) is 8.53. The topological polar surface area (TPSA) is 43.6 Å². The van der Waals surface area contributed by atoms with Gasteiger partial charge in [-0.1, -0.05) is 53.8 Å². The SMILES string of the molecule is O=c1/c(=C\c2cccc(Oc3ccccc3)c2)sc2nc3ccccc3n12. The average molecular weight is 370 g/mol. The van der Waals surface area contributed by atoms with Crippen LogP contribution in [0.15, 0.2) is 83.7 Å². The van der Waals surface area contributed by atoms with Crippen LogP contribution >= 0.6 is 11.3 Å². The number of fused-ring (bicyclic) bond motifs is 3. The summed E-state index contributed by atoms with van der Waals surface area (Å²) in [5.41, 5.74) is 2.55. The number of hydrogen-bond acceptors (Lipinski definition) is 4. The summed E-state index contributed by atoms with van der Waals surface area (Å²) < 4.78 is 8.21. The highest BCUT2D eigenvalue weighted by atomic mass is 32.1. The molecule has 0 N–H and O–H groups in total. The third-order valence-electron chi connectivity index (χ3n) is 4.28. The molecule has 0 aliphatic heterocycles. The summed E-state index contributed by atoms with van der Waals surface area (Å²) in [5.74, 6) is 1.51. The van der Waals surface area contributed by atoms with Crippen LogP contribution < -0.4 is 14.8 Å². The molecule has 0 atom stereocenters. The molecule has 0 saturated heterocycles. The molecule has 5 heteroatoms. The molecule has 3 aromatic carbocycles. The fourth-order valence-corrected chi connectivity index (χ4v) is 4.04. The normalized spacial score (nSPS) is 12.1. The van der Waals surface area contributed by atoms with Crippen molar-refractivity contribution in [2.45, 2.75) is 0 Å².